The van der Waals surface area contributed by atoms with E-state index in [0.29, 0.717) is 29.6 Å². The molecule has 2 aromatic rings. The second-order valence-electron chi connectivity index (χ2n) is 5.60. The van der Waals surface area contributed by atoms with E-state index in [9.17, 15) is 23.1 Å². The van der Waals surface area contributed by atoms with Gasteiger partial charge in [0.25, 0.3) is 0 Å². The average Bonchev–Trinajstić information content (AvgIpc) is 2.94. The maximum atomic E-state index is 12.8. The summed E-state index contributed by atoms with van der Waals surface area (Å²) in [6.07, 6.45) is -6.23. The van der Waals surface area contributed by atoms with Gasteiger partial charge in [0.1, 0.15) is 0 Å². The molecule has 0 saturated carbocycles. The summed E-state index contributed by atoms with van der Waals surface area (Å²) >= 11 is 6.04. The number of aliphatic hydroxyl groups excluding tert-OH is 1. The molecule has 0 unspecified atom stereocenters. The van der Waals surface area contributed by atoms with Crippen LogP contribution in [0.4, 0.5) is 18.9 Å². The Labute approximate surface area is 134 Å². The molecule has 8 heteroatoms. The first-order valence-corrected chi connectivity index (χ1v) is 7.49. The molecule has 3 rings (SSSR count). The zero-order chi connectivity index (χ0) is 16.8. The third-order valence-electron chi connectivity index (χ3n) is 4.11. The van der Waals surface area contributed by atoms with Crippen LogP contribution in [-0.4, -0.2) is 35.0 Å². The Kier molecular flexibility index (Phi) is 4.01. The molecule has 2 N–H and O–H groups in total. The SMILES string of the molecule is O=c1cc(Cl)c2cc(N3CCC[C@@H]3[C@H](O)C(F)(F)F)ccc2[nH]1. The summed E-state index contributed by atoms with van der Waals surface area (Å²) in [5.41, 5.74) is 0.706. The van der Waals surface area contributed by atoms with Gasteiger partial charge in [0.15, 0.2) is 6.10 Å². The van der Waals surface area contributed by atoms with Crippen molar-refractivity contribution in [3.05, 3.63) is 39.6 Å². The Bertz CT molecular complexity index is 790. The normalized spacial score (nSPS) is 20.2. The summed E-state index contributed by atoms with van der Waals surface area (Å²) in [5.74, 6) is 0. The molecule has 2 heterocycles. The lowest BCUT2D eigenvalue weighted by atomic mass is 10.1. The Balaban J connectivity index is 2.00. The van der Waals surface area contributed by atoms with Gasteiger partial charge in [-0.3, -0.25) is 4.79 Å². The van der Waals surface area contributed by atoms with Crippen LogP contribution in [0.2, 0.25) is 5.02 Å². The highest BCUT2D eigenvalue weighted by Crippen LogP contribution is 2.35. The average molecular weight is 347 g/mol. The Morgan fingerprint density at radius 1 is 1.35 bits per heavy atom. The molecule has 0 radical (unpaired) electrons. The monoisotopic (exact) mass is 346 g/mol. The van der Waals surface area contributed by atoms with Crippen molar-refractivity contribution in [1.82, 2.24) is 4.98 Å². The zero-order valence-electron chi connectivity index (χ0n) is 11.9. The number of benzene rings is 1. The van der Waals surface area contributed by atoms with Crippen molar-refractivity contribution < 1.29 is 18.3 Å². The van der Waals surface area contributed by atoms with Crippen LogP contribution in [0.3, 0.4) is 0 Å². The van der Waals surface area contributed by atoms with Gasteiger partial charge in [-0.2, -0.15) is 13.2 Å². The van der Waals surface area contributed by atoms with Crippen molar-refractivity contribution in [2.75, 3.05) is 11.4 Å². The smallest absolute Gasteiger partial charge is 0.382 e. The first-order chi connectivity index (χ1) is 10.8. The number of aromatic nitrogens is 1. The van der Waals surface area contributed by atoms with Crippen LogP contribution >= 0.6 is 11.6 Å². The topological polar surface area (TPSA) is 56.3 Å². The molecule has 1 fully saturated rings. The molecule has 1 aromatic carbocycles. The second-order valence-corrected chi connectivity index (χ2v) is 6.01. The fraction of sp³-hybridized carbons (Fsp3) is 0.400. The number of nitrogens with one attached hydrogen (secondary N) is 1. The van der Waals surface area contributed by atoms with Crippen molar-refractivity contribution in [3.8, 4) is 0 Å². The number of nitrogens with zero attached hydrogens (tertiary/aromatic N) is 1. The van der Waals surface area contributed by atoms with Crippen LogP contribution in [0.25, 0.3) is 10.9 Å². The molecule has 1 saturated heterocycles. The lowest BCUT2D eigenvalue weighted by molar-refractivity contribution is -0.209. The van der Waals surface area contributed by atoms with E-state index in [1.165, 1.54) is 6.07 Å². The Morgan fingerprint density at radius 3 is 2.78 bits per heavy atom. The van der Waals surface area contributed by atoms with Gasteiger partial charge >= 0.3 is 6.18 Å². The number of halogens is 4. The number of hydrogen-bond acceptors (Lipinski definition) is 3. The predicted molar refractivity (Wildman–Crippen MR) is 82.0 cm³/mol. The van der Waals surface area contributed by atoms with Gasteiger partial charge in [-0.1, -0.05) is 11.6 Å². The van der Waals surface area contributed by atoms with Crippen molar-refractivity contribution in [3.63, 3.8) is 0 Å². The molecule has 1 aliphatic heterocycles. The molecular weight excluding hydrogens is 333 g/mol. The first-order valence-electron chi connectivity index (χ1n) is 7.11. The molecule has 2 atom stereocenters. The standard InChI is InChI=1S/C15H14ClF3N2O2/c16-10-7-13(22)20-11-4-3-8(6-9(10)11)21-5-1-2-12(21)14(23)15(17,18)19/h3-4,6-7,12,14,23H,1-2,5H2,(H,20,22)/t12-,14+/m1/s1. The lowest BCUT2D eigenvalue weighted by Gasteiger charge is -2.31. The molecule has 1 aliphatic rings. The van der Waals surface area contributed by atoms with Crippen LogP contribution in [0.1, 0.15) is 12.8 Å². The number of aromatic amines is 1. The van der Waals surface area contributed by atoms with Crippen LogP contribution in [0.5, 0.6) is 0 Å². The number of H-pyrrole nitrogens is 1. The summed E-state index contributed by atoms with van der Waals surface area (Å²) in [7, 11) is 0. The number of aliphatic hydroxyl groups is 1. The number of anilines is 1. The second kappa shape index (κ2) is 5.72. The number of fused-ring (bicyclic) bond motifs is 1. The van der Waals surface area contributed by atoms with E-state index in [2.05, 4.69) is 4.98 Å². The summed E-state index contributed by atoms with van der Waals surface area (Å²) in [6, 6.07) is 5.06. The molecule has 0 bridgehead atoms. The third-order valence-corrected chi connectivity index (χ3v) is 4.42. The quantitative estimate of drug-likeness (QED) is 0.878. The van der Waals surface area contributed by atoms with Gasteiger partial charge in [-0.25, -0.2) is 0 Å². The summed E-state index contributed by atoms with van der Waals surface area (Å²) in [5, 5.41) is 10.4. The fourth-order valence-electron chi connectivity index (χ4n) is 3.04. The maximum Gasteiger partial charge on any atom is 0.416 e. The van der Waals surface area contributed by atoms with Crippen molar-refractivity contribution in [1.29, 1.82) is 0 Å². The van der Waals surface area contributed by atoms with E-state index in [1.807, 2.05) is 0 Å². The molecule has 1 aromatic heterocycles. The van der Waals surface area contributed by atoms with Gasteiger partial charge in [-0.15, -0.1) is 0 Å². The highest BCUT2D eigenvalue weighted by atomic mass is 35.5. The van der Waals surface area contributed by atoms with Crippen LogP contribution in [-0.2, 0) is 0 Å². The number of alkyl halides is 3. The van der Waals surface area contributed by atoms with Gasteiger partial charge in [0, 0.05) is 29.2 Å². The highest BCUT2D eigenvalue weighted by Gasteiger charge is 2.47. The Hall–Kier alpha value is -1.73. The number of rotatable bonds is 2. The summed E-state index contributed by atoms with van der Waals surface area (Å²) in [4.78, 5) is 15.5. The van der Waals surface area contributed by atoms with Crippen molar-refractivity contribution in [2.24, 2.45) is 0 Å². The molecular formula is C15H14ClF3N2O2. The minimum atomic E-state index is -4.66. The van der Waals surface area contributed by atoms with Gasteiger partial charge in [-0.05, 0) is 31.0 Å². The van der Waals surface area contributed by atoms with Crippen molar-refractivity contribution in [2.45, 2.75) is 31.2 Å². The molecule has 4 nitrogen and oxygen atoms in total. The van der Waals surface area contributed by atoms with E-state index in [-0.39, 0.29) is 17.0 Å². The number of hydrogen-bond donors (Lipinski definition) is 2. The fourth-order valence-corrected chi connectivity index (χ4v) is 3.29. The van der Waals surface area contributed by atoms with E-state index in [1.54, 1.807) is 23.1 Å². The van der Waals surface area contributed by atoms with Crippen LogP contribution in [0.15, 0.2) is 29.1 Å². The molecule has 124 valence electrons. The van der Waals surface area contributed by atoms with Crippen LogP contribution in [0, 0.1) is 0 Å². The third kappa shape index (κ3) is 3.03. The predicted octanol–water partition coefficient (Wildman–Crippen LogP) is 3.07. The first kappa shape index (κ1) is 16.1. The van der Waals surface area contributed by atoms with Crippen LogP contribution < -0.4 is 10.5 Å². The lowest BCUT2D eigenvalue weighted by Crippen LogP contribution is -2.47. The molecule has 0 aliphatic carbocycles. The Morgan fingerprint density at radius 2 is 2.09 bits per heavy atom. The highest BCUT2D eigenvalue weighted by molar-refractivity contribution is 6.35. The van der Waals surface area contributed by atoms with Gasteiger partial charge in [0.2, 0.25) is 5.56 Å². The zero-order valence-corrected chi connectivity index (χ0v) is 12.7. The summed E-state index contributed by atoms with van der Waals surface area (Å²) in [6.45, 7) is 0.421. The molecule has 23 heavy (non-hydrogen) atoms. The van der Waals surface area contributed by atoms with E-state index in [4.69, 9.17) is 11.6 Å². The molecule has 0 amide bonds. The minimum absolute atomic E-state index is 0.234. The summed E-state index contributed by atoms with van der Waals surface area (Å²) < 4.78 is 38.4. The van der Waals surface area contributed by atoms with E-state index in [0.717, 1.165) is 0 Å². The minimum Gasteiger partial charge on any atom is -0.382 e. The largest absolute Gasteiger partial charge is 0.416 e. The van der Waals surface area contributed by atoms with E-state index >= 15 is 0 Å². The maximum absolute atomic E-state index is 12.8. The molecule has 0 spiro atoms. The van der Waals surface area contributed by atoms with E-state index < -0.39 is 18.3 Å². The van der Waals surface area contributed by atoms with Crippen molar-refractivity contribution >= 4 is 28.2 Å². The number of pyridine rings is 1. The van der Waals surface area contributed by atoms with Gasteiger partial charge in [0.05, 0.1) is 11.1 Å². The van der Waals surface area contributed by atoms with Gasteiger partial charge < -0.3 is 15.0 Å².